The smallest absolute Gasteiger partial charge is 0.241 e. The number of amides is 2. The number of piperidine rings is 1. The third-order valence-electron chi connectivity index (χ3n) is 5.05. The van der Waals surface area contributed by atoms with Crippen molar-refractivity contribution in [3.63, 3.8) is 0 Å². The zero-order valence-electron chi connectivity index (χ0n) is 15.8. The molecule has 0 saturated carbocycles. The van der Waals surface area contributed by atoms with E-state index in [1.54, 1.807) is 42.6 Å². The molecular formula is C21H23N5O2. The number of nitriles is 1. The molecule has 1 aromatic carbocycles. The van der Waals surface area contributed by atoms with E-state index in [4.69, 9.17) is 5.26 Å². The van der Waals surface area contributed by atoms with Crippen LogP contribution in [-0.2, 0) is 9.59 Å². The van der Waals surface area contributed by atoms with Crippen LogP contribution in [-0.4, -0.2) is 40.8 Å². The summed E-state index contributed by atoms with van der Waals surface area (Å²) >= 11 is 0. The van der Waals surface area contributed by atoms with E-state index in [0.29, 0.717) is 43.0 Å². The van der Waals surface area contributed by atoms with E-state index in [1.165, 1.54) is 0 Å². The molecule has 1 unspecified atom stereocenters. The summed E-state index contributed by atoms with van der Waals surface area (Å²) in [5.41, 5.74) is 0.958. The second-order valence-electron chi connectivity index (χ2n) is 6.84. The third kappa shape index (κ3) is 4.72. The van der Waals surface area contributed by atoms with Crippen molar-refractivity contribution in [3.8, 4) is 6.07 Å². The van der Waals surface area contributed by atoms with Gasteiger partial charge in [-0.1, -0.05) is 18.2 Å². The van der Waals surface area contributed by atoms with Crippen molar-refractivity contribution in [3.05, 3.63) is 54.2 Å². The van der Waals surface area contributed by atoms with Gasteiger partial charge >= 0.3 is 0 Å². The summed E-state index contributed by atoms with van der Waals surface area (Å²) in [6.45, 7) is 3.17. The Morgan fingerprint density at radius 1 is 1.14 bits per heavy atom. The normalized spacial score (nSPS) is 16.0. The number of hydrogen-bond donors (Lipinski definition) is 2. The number of nitrogens with zero attached hydrogens (tertiary/aromatic N) is 3. The third-order valence-corrected chi connectivity index (χ3v) is 5.05. The quantitative estimate of drug-likeness (QED) is 0.835. The monoisotopic (exact) mass is 377 g/mol. The van der Waals surface area contributed by atoms with E-state index in [-0.39, 0.29) is 23.8 Å². The van der Waals surface area contributed by atoms with Gasteiger partial charge in [0, 0.05) is 12.1 Å². The molecule has 1 saturated heterocycles. The van der Waals surface area contributed by atoms with Gasteiger partial charge in [-0.25, -0.2) is 4.98 Å². The summed E-state index contributed by atoms with van der Waals surface area (Å²) in [4.78, 5) is 31.2. The van der Waals surface area contributed by atoms with Gasteiger partial charge < -0.3 is 10.6 Å². The van der Waals surface area contributed by atoms with Gasteiger partial charge in [0.05, 0.1) is 17.3 Å². The minimum absolute atomic E-state index is 0.0293. The molecule has 0 spiro atoms. The fourth-order valence-corrected chi connectivity index (χ4v) is 3.31. The molecule has 0 radical (unpaired) electrons. The maximum Gasteiger partial charge on any atom is 0.241 e. The van der Waals surface area contributed by atoms with E-state index in [2.05, 4.69) is 26.6 Å². The van der Waals surface area contributed by atoms with Crippen LogP contribution in [0.1, 0.15) is 25.3 Å². The van der Waals surface area contributed by atoms with E-state index in [9.17, 15) is 9.59 Å². The van der Waals surface area contributed by atoms with Crippen LogP contribution in [0, 0.1) is 17.2 Å². The number of benzene rings is 1. The molecule has 28 heavy (non-hydrogen) atoms. The van der Waals surface area contributed by atoms with Crippen LogP contribution >= 0.6 is 0 Å². The first-order chi connectivity index (χ1) is 13.6. The molecule has 2 heterocycles. The van der Waals surface area contributed by atoms with Crippen molar-refractivity contribution in [1.29, 1.82) is 5.26 Å². The summed E-state index contributed by atoms with van der Waals surface area (Å²) in [5, 5.41) is 14.8. The number of carbonyl (C=O) groups excluding carboxylic acids is 2. The molecule has 1 aliphatic heterocycles. The number of hydrogen-bond acceptors (Lipinski definition) is 5. The van der Waals surface area contributed by atoms with Crippen LogP contribution in [0.5, 0.6) is 0 Å². The van der Waals surface area contributed by atoms with Crippen LogP contribution < -0.4 is 10.6 Å². The maximum absolute atomic E-state index is 12.6. The van der Waals surface area contributed by atoms with E-state index in [1.807, 2.05) is 13.0 Å². The summed E-state index contributed by atoms with van der Waals surface area (Å²) in [5.74, 6) is 0.282. The highest BCUT2D eigenvalue weighted by atomic mass is 16.2. The first-order valence-electron chi connectivity index (χ1n) is 9.34. The number of likely N-dealkylation sites (tertiary alicyclic amines) is 1. The molecule has 0 aliphatic carbocycles. The first-order valence-corrected chi connectivity index (χ1v) is 9.34. The molecule has 2 aromatic rings. The van der Waals surface area contributed by atoms with Gasteiger partial charge in [0.2, 0.25) is 11.8 Å². The van der Waals surface area contributed by atoms with Crippen molar-refractivity contribution < 1.29 is 9.59 Å². The van der Waals surface area contributed by atoms with Gasteiger partial charge in [0.15, 0.2) is 0 Å². The molecule has 7 nitrogen and oxygen atoms in total. The largest absolute Gasteiger partial charge is 0.324 e. The van der Waals surface area contributed by atoms with Crippen LogP contribution in [0.25, 0.3) is 0 Å². The highest BCUT2D eigenvalue weighted by molar-refractivity contribution is 5.95. The van der Waals surface area contributed by atoms with Crippen LogP contribution in [0.4, 0.5) is 11.5 Å². The number of aromatic nitrogens is 1. The van der Waals surface area contributed by atoms with Gasteiger partial charge in [-0.3, -0.25) is 14.5 Å². The predicted octanol–water partition coefficient (Wildman–Crippen LogP) is 2.63. The van der Waals surface area contributed by atoms with E-state index in [0.717, 1.165) is 0 Å². The number of para-hydroxylation sites is 1. The maximum atomic E-state index is 12.6. The Morgan fingerprint density at radius 2 is 1.86 bits per heavy atom. The van der Waals surface area contributed by atoms with E-state index < -0.39 is 0 Å². The Hall–Kier alpha value is -3.24. The Bertz CT molecular complexity index is 870. The Labute approximate surface area is 164 Å². The molecule has 3 rings (SSSR count). The van der Waals surface area contributed by atoms with Crippen LogP contribution in [0.3, 0.4) is 0 Å². The standard InChI is InChI=1S/C21H23N5O2/c1-15(20(27)24-18-7-3-2-6-17(18)14-22)26-12-9-16(10-13-26)21(28)25-19-8-4-5-11-23-19/h2-8,11,15-16H,9-10,12-13H2,1H3,(H,24,27)(H,23,25,28). The highest BCUT2D eigenvalue weighted by Crippen LogP contribution is 2.21. The molecule has 144 valence electrons. The molecule has 1 atom stereocenters. The Balaban J connectivity index is 1.52. The Morgan fingerprint density at radius 3 is 2.54 bits per heavy atom. The lowest BCUT2D eigenvalue weighted by atomic mass is 9.95. The van der Waals surface area contributed by atoms with Crippen molar-refractivity contribution >= 4 is 23.3 Å². The van der Waals surface area contributed by atoms with Crippen molar-refractivity contribution in [2.75, 3.05) is 23.7 Å². The summed E-state index contributed by atoms with van der Waals surface area (Å²) in [6, 6.07) is 14.1. The minimum atomic E-state index is -0.341. The van der Waals surface area contributed by atoms with E-state index >= 15 is 0 Å². The fraction of sp³-hybridized carbons (Fsp3) is 0.333. The SMILES string of the molecule is CC(C(=O)Nc1ccccc1C#N)N1CCC(C(=O)Nc2ccccn2)CC1. The molecular weight excluding hydrogens is 354 g/mol. The number of anilines is 2. The molecule has 7 heteroatoms. The van der Waals surface area contributed by atoms with Gasteiger partial charge in [0.25, 0.3) is 0 Å². The zero-order valence-corrected chi connectivity index (χ0v) is 15.8. The number of pyridine rings is 1. The second-order valence-corrected chi connectivity index (χ2v) is 6.84. The summed E-state index contributed by atoms with van der Waals surface area (Å²) in [7, 11) is 0. The number of nitrogens with one attached hydrogen (secondary N) is 2. The average molecular weight is 377 g/mol. The van der Waals surface area contributed by atoms with Gasteiger partial charge in [-0.2, -0.15) is 5.26 Å². The zero-order chi connectivity index (χ0) is 19.9. The summed E-state index contributed by atoms with van der Waals surface area (Å²) < 4.78 is 0. The van der Waals surface area contributed by atoms with Gasteiger partial charge in [-0.15, -0.1) is 0 Å². The molecule has 2 N–H and O–H groups in total. The van der Waals surface area contributed by atoms with Crippen molar-refractivity contribution in [2.24, 2.45) is 5.92 Å². The van der Waals surface area contributed by atoms with Gasteiger partial charge in [0.1, 0.15) is 11.9 Å². The first kappa shape index (κ1) is 19.5. The fourth-order valence-electron chi connectivity index (χ4n) is 3.31. The average Bonchev–Trinajstić information content (AvgIpc) is 2.74. The molecule has 1 fully saturated rings. The molecule has 1 aliphatic rings. The molecule has 0 bridgehead atoms. The minimum Gasteiger partial charge on any atom is -0.324 e. The predicted molar refractivity (Wildman–Crippen MR) is 106 cm³/mol. The van der Waals surface area contributed by atoms with Crippen molar-refractivity contribution in [1.82, 2.24) is 9.88 Å². The summed E-state index contributed by atoms with van der Waals surface area (Å²) in [6.07, 6.45) is 3.01. The highest BCUT2D eigenvalue weighted by Gasteiger charge is 2.30. The van der Waals surface area contributed by atoms with Crippen LogP contribution in [0.2, 0.25) is 0 Å². The lowest BCUT2D eigenvalue weighted by Crippen LogP contribution is -2.47. The number of rotatable bonds is 5. The van der Waals surface area contributed by atoms with Crippen LogP contribution in [0.15, 0.2) is 48.7 Å². The topological polar surface area (TPSA) is 98.1 Å². The Kier molecular flexibility index (Phi) is 6.35. The van der Waals surface area contributed by atoms with Gasteiger partial charge in [-0.05, 0) is 57.1 Å². The molecule has 2 amide bonds. The lowest BCUT2D eigenvalue weighted by molar-refractivity contribution is -0.123. The van der Waals surface area contributed by atoms with Crippen molar-refractivity contribution in [2.45, 2.75) is 25.8 Å². The number of carbonyl (C=O) groups is 2. The lowest BCUT2D eigenvalue weighted by Gasteiger charge is -2.34. The second kappa shape index (κ2) is 9.11. The molecule has 1 aromatic heterocycles.